The number of carbonyl (C=O) groups is 2. The van der Waals surface area contributed by atoms with E-state index in [9.17, 15) is 9.59 Å². The third kappa shape index (κ3) is 4.47. The van der Waals surface area contributed by atoms with E-state index in [0.717, 1.165) is 24.9 Å². The van der Waals surface area contributed by atoms with Crippen LogP contribution in [0.4, 0.5) is 0 Å². The van der Waals surface area contributed by atoms with Gasteiger partial charge in [0.25, 0.3) is 5.91 Å². The van der Waals surface area contributed by atoms with Gasteiger partial charge in [0.05, 0.1) is 0 Å². The fraction of sp³-hybridized carbons (Fsp3) is 0.333. The molecule has 4 heteroatoms. The lowest BCUT2D eigenvalue weighted by molar-refractivity contribution is -0.133. The Morgan fingerprint density at radius 3 is 2.52 bits per heavy atom. The Bertz CT molecular complexity index is 725. The molecule has 1 atom stereocenters. The summed E-state index contributed by atoms with van der Waals surface area (Å²) < 4.78 is 0. The van der Waals surface area contributed by atoms with E-state index in [-0.39, 0.29) is 11.8 Å². The summed E-state index contributed by atoms with van der Waals surface area (Å²) in [5.41, 5.74) is 2.91. The molecule has 1 saturated heterocycles. The lowest BCUT2D eigenvalue weighted by atomic mass is 10.1. The van der Waals surface area contributed by atoms with E-state index in [4.69, 9.17) is 0 Å². The van der Waals surface area contributed by atoms with Crippen LogP contribution in [0.15, 0.2) is 54.6 Å². The molecule has 2 aromatic rings. The fourth-order valence-corrected chi connectivity index (χ4v) is 3.14. The maximum atomic E-state index is 12.9. The lowest BCUT2D eigenvalue weighted by Gasteiger charge is -2.25. The summed E-state index contributed by atoms with van der Waals surface area (Å²) >= 11 is 0. The Kier molecular flexibility index (Phi) is 5.49. The minimum absolute atomic E-state index is 0.0161. The molecular formula is C21H24N2O2. The van der Waals surface area contributed by atoms with E-state index in [0.29, 0.717) is 18.5 Å². The minimum Gasteiger partial charge on any atom is -0.340 e. The molecule has 1 aliphatic rings. The number of benzene rings is 2. The van der Waals surface area contributed by atoms with Crippen LogP contribution >= 0.6 is 0 Å². The smallest absolute Gasteiger partial charge is 0.251 e. The molecule has 2 amide bonds. The predicted octanol–water partition coefficient (Wildman–Crippen LogP) is 3.31. The van der Waals surface area contributed by atoms with Gasteiger partial charge in [-0.15, -0.1) is 0 Å². The highest BCUT2D eigenvalue weighted by Crippen LogP contribution is 2.16. The van der Waals surface area contributed by atoms with Crippen molar-refractivity contribution in [3.8, 4) is 0 Å². The highest BCUT2D eigenvalue weighted by atomic mass is 16.2. The summed E-state index contributed by atoms with van der Waals surface area (Å²) in [6.45, 7) is 3.39. The largest absolute Gasteiger partial charge is 0.340 e. The van der Waals surface area contributed by atoms with Crippen molar-refractivity contribution in [2.24, 2.45) is 0 Å². The number of hydrogen-bond acceptors (Lipinski definition) is 2. The van der Waals surface area contributed by atoms with Crippen LogP contribution in [-0.4, -0.2) is 29.3 Å². The summed E-state index contributed by atoms with van der Waals surface area (Å²) in [6, 6.07) is 16.9. The van der Waals surface area contributed by atoms with Gasteiger partial charge in [-0.3, -0.25) is 9.59 Å². The van der Waals surface area contributed by atoms with Crippen LogP contribution in [0.5, 0.6) is 0 Å². The number of nitrogens with zero attached hydrogens (tertiary/aromatic N) is 1. The van der Waals surface area contributed by atoms with Crippen LogP contribution in [0.3, 0.4) is 0 Å². The van der Waals surface area contributed by atoms with Crippen molar-refractivity contribution in [1.29, 1.82) is 0 Å². The first-order valence-electron chi connectivity index (χ1n) is 8.84. The normalized spacial score (nSPS) is 17.9. The molecule has 3 rings (SSSR count). The average molecular weight is 336 g/mol. The zero-order chi connectivity index (χ0) is 17.6. The number of amides is 2. The van der Waals surface area contributed by atoms with Gasteiger partial charge in [0.2, 0.25) is 5.91 Å². The lowest BCUT2D eigenvalue weighted by Crippen LogP contribution is -2.47. The highest BCUT2D eigenvalue weighted by Gasteiger charge is 2.28. The van der Waals surface area contributed by atoms with E-state index in [1.807, 2.05) is 23.1 Å². The van der Waals surface area contributed by atoms with Gasteiger partial charge in [0, 0.05) is 18.7 Å². The molecule has 1 N–H and O–H groups in total. The second-order valence-electron chi connectivity index (χ2n) is 6.63. The highest BCUT2D eigenvalue weighted by molar-refractivity contribution is 5.97. The molecule has 0 bridgehead atoms. The van der Waals surface area contributed by atoms with Gasteiger partial charge >= 0.3 is 0 Å². The first-order chi connectivity index (χ1) is 12.1. The van der Waals surface area contributed by atoms with E-state index in [1.54, 1.807) is 12.1 Å². The van der Waals surface area contributed by atoms with Crippen molar-refractivity contribution in [2.75, 3.05) is 6.54 Å². The number of aryl methyl sites for hydroxylation is 1. The molecule has 1 heterocycles. The third-order valence-corrected chi connectivity index (χ3v) is 4.62. The van der Waals surface area contributed by atoms with Crippen molar-refractivity contribution < 1.29 is 9.59 Å². The molecule has 1 unspecified atom stereocenters. The van der Waals surface area contributed by atoms with Crippen LogP contribution in [0.25, 0.3) is 0 Å². The zero-order valence-corrected chi connectivity index (χ0v) is 14.6. The fourth-order valence-electron chi connectivity index (χ4n) is 3.14. The first kappa shape index (κ1) is 17.2. The Balaban J connectivity index is 1.68. The van der Waals surface area contributed by atoms with Crippen LogP contribution in [0.2, 0.25) is 0 Å². The molecule has 2 aromatic carbocycles. The second kappa shape index (κ2) is 7.97. The molecule has 0 aromatic heterocycles. The van der Waals surface area contributed by atoms with Gasteiger partial charge in [0.1, 0.15) is 6.04 Å². The number of rotatable bonds is 4. The number of likely N-dealkylation sites (tertiary alicyclic amines) is 1. The van der Waals surface area contributed by atoms with Crippen molar-refractivity contribution >= 4 is 11.8 Å². The predicted molar refractivity (Wildman–Crippen MR) is 98.1 cm³/mol. The summed E-state index contributed by atoms with van der Waals surface area (Å²) in [7, 11) is 0. The SMILES string of the molecule is Cc1ccc(CN2CCCCC(NC(=O)c3ccccc3)C2=O)cc1. The molecule has 1 fully saturated rings. The molecule has 130 valence electrons. The molecule has 4 nitrogen and oxygen atoms in total. The van der Waals surface area contributed by atoms with Crippen LogP contribution < -0.4 is 5.32 Å². The number of nitrogens with one attached hydrogen (secondary N) is 1. The van der Waals surface area contributed by atoms with Crippen molar-refractivity contribution in [2.45, 2.75) is 38.8 Å². The summed E-state index contributed by atoms with van der Waals surface area (Å²) in [6.07, 6.45) is 2.60. The van der Waals surface area contributed by atoms with Crippen molar-refractivity contribution in [3.05, 3.63) is 71.3 Å². The van der Waals surface area contributed by atoms with Gasteiger partial charge in [-0.1, -0.05) is 48.0 Å². The Morgan fingerprint density at radius 2 is 1.80 bits per heavy atom. The second-order valence-corrected chi connectivity index (χ2v) is 6.63. The molecule has 1 aliphatic heterocycles. The van der Waals surface area contributed by atoms with Crippen LogP contribution in [0.1, 0.15) is 40.7 Å². The molecule has 25 heavy (non-hydrogen) atoms. The van der Waals surface area contributed by atoms with Crippen molar-refractivity contribution in [3.63, 3.8) is 0 Å². The van der Waals surface area contributed by atoms with E-state index < -0.39 is 6.04 Å². The maximum Gasteiger partial charge on any atom is 0.251 e. The molecular weight excluding hydrogens is 312 g/mol. The van der Waals surface area contributed by atoms with Gasteiger partial charge in [-0.05, 0) is 43.9 Å². The third-order valence-electron chi connectivity index (χ3n) is 4.62. The Morgan fingerprint density at radius 1 is 1.08 bits per heavy atom. The molecule has 0 spiro atoms. The van der Waals surface area contributed by atoms with Gasteiger partial charge in [-0.25, -0.2) is 0 Å². The van der Waals surface area contributed by atoms with Crippen LogP contribution in [0, 0.1) is 6.92 Å². The van der Waals surface area contributed by atoms with Crippen molar-refractivity contribution in [1.82, 2.24) is 10.2 Å². The number of hydrogen-bond donors (Lipinski definition) is 1. The Labute approximate surface area is 148 Å². The minimum atomic E-state index is -0.444. The zero-order valence-electron chi connectivity index (χ0n) is 14.6. The van der Waals surface area contributed by atoms with E-state index in [2.05, 4.69) is 36.5 Å². The topological polar surface area (TPSA) is 49.4 Å². The average Bonchev–Trinajstić information content (AvgIpc) is 2.80. The first-order valence-corrected chi connectivity index (χ1v) is 8.84. The van der Waals surface area contributed by atoms with E-state index in [1.165, 1.54) is 5.56 Å². The molecule has 0 saturated carbocycles. The van der Waals surface area contributed by atoms with Crippen LogP contribution in [-0.2, 0) is 11.3 Å². The van der Waals surface area contributed by atoms with Gasteiger partial charge < -0.3 is 10.2 Å². The molecule has 0 aliphatic carbocycles. The summed E-state index contributed by atoms with van der Waals surface area (Å²) in [5, 5.41) is 2.92. The molecule has 0 radical (unpaired) electrons. The van der Waals surface area contributed by atoms with Gasteiger partial charge in [-0.2, -0.15) is 0 Å². The summed E-state index contributed by atoms with van der Waals surface area (Å²) in [4.78, 5) is 27.2. The Hall–Kier alpha value is -2.62. The summed E-state index contributed by atoms with van der Waals surface area (Å²) in [5.74, 6) is -0.168. The van der Waals surface area contributed by atoms with Gasteiger partial charge in [0.15, 0.2) is 0 Å². The number of carbonyl (C=O) groups excluding carboxylic acids is 2. The monoisotopic (exact) mass is 336 g/mol. The maximum absolute atomic E-state index is 12.9. The van der Waals surface area contributed by atoms with E-state index >= 15 is 0 Å². The standard InChI is InChI=1S/C21H24N2O2/c1-16-10-12-17(13-11-16)15-23-14-6-5-9-19(21(23)25)22-20(24)18-7-3-2-4-8-18/h2-4,7-8,10-13,19H,5-6,9,14-15H2,1H3,(H,22,24). The quantitative estimate of drug-likeness (QED) is 0.931.